The first kappa shape index (κ1) is 20.7. The summed E-state index contributed by atoms with van der Waals surface area (Å²) in [5.74, 6) is -0.634. The number of alkyl halides is 3. The van der Waals surface area contributed by atoms with Crippen LogP contribution in [0.1, 0.15) is 6.92 Å². The van der Waals surface area contributed by atoms with Gasteiger partial charge in [0.25, 0.3) is 0 Å². The van der Waals surface area contributed by atoms with Crippen LogP contribution in [0.4, 0.5) is 29.6 Å². The molecule has 27 heavy (non-hydrogen) atoms. The van der Waals surface area contributed by atoms with E-state index in [0.717, 1.165) is 10.5 Å². The van der Waals surface area contributed by atoms with Crippen molar-refractivity contribution in [3.8, 4) is 11.8 Å². The molecule has 1 N–H and O–H groups in total. The predicted octanol–water partition coefficient (Wildman–Crippen LogP) is 4.25. The zero-order valence-corrected chi connectivity index (χ0v) is 16.0. The Morgan fingerprint density at radius 3 is 2.33 bits per heavy atom. The third-order valence-electron chi connectivity index (χ3n) is 3.09. The van der Waals surface area contributed by atoms with Crippen molar-refractivity contribution in [2.45, 2.75) is 13.1 Å². The monoisotopic (exact) mass is 448 g/mol. The normalized spacial score (nSPS) is 11.0. The summed E-state index contributed by atoms with van der Waals surface area (Å²) >= 11 is 3.30. The maximum Gasteiger partial charge on any atom is 0.422 e. The molecular formula is C16H16BrF3N4O3. The Kier molecular flexibility index (Phi) is 6.83. The van der Waals surface area contributed by atoms with Crippen LogP contribution in [0.15, 0.2) is 34.8 Å². The number of carbonyl (C=O) groups excluding carboxylic acids is 1. The lowest BCUT2D eigenvalue weighted by atomic mass is 10.3. The third-order valence-corrected chi connectivity index (χ3v) is 3.62. The van der Waals surface area contributed by atoms with Crippen LogP contribution in [0.25, 0.3) is 0 Å². The van der Waals surface area contributed by atoms with Crippen molar-refractivity contribution in [1.29, 1.82) is 0 Å². The van der Waals surface area contributed by atoms with E-state index in [4.69, 9.17) is 4.74 Å². The van der Waals surface area contributed by atoms with Crippen LogP contribution in [0.2, 0.25) is 0 Å². The highest BCUT2D eigenvalue weighted by atomic mass is 79.9. The maximum absolute atomic E-state index is 12.4. The molecule has 7 nitrogen and oxygen atoms in total. The van der Waals surface area contributed by atoms with Gasteiger partial charge in [0.2, 0.25) is 17.7 Å². The van der Waals surface area contributed by atoms with Gasteiger partial charge in [-0.3, -0.25) is 10.2 Å². The summed E-state index contributed by atoms with van der Waals surface area (Å²) in [4.78, 5) is 21.4. The lowest BCUT2D eigenvalue weighted by Crippen LogP contribution is -2.31. The number of carbonyl (C=O) groups is 1. The minimum Gasteiger partial charge on any atom is -0.478 e. The summed E-state index contributed by atoms with van der Waals surface area (Å²) in [5.41, 5.74) is 0.588. The summed E-state index contributed by atoms with van der Waals surface area (Å²) in [6, 6.07) is 7.46. The lowest BCUT2D eigenvalue weighted by Gasteiger charge is -2.18. The van der Waals surface area contributed by atoms with E-state index in [0.29, 0.717) is 5.69 Å². The second kappa shape index (κ2) is 8.89. The van der Waals surface area contributed by atoms with Crippen molar-refractivity contribution in [2.75, 3.05) is 30.5 Å². The molecule has 146 valence electrons. The number of nitrogens with zero attached hydrogens (tertiary/aromatic N) is 3. The number of rotatable bonds is 6. The average Bonchev–Trinajstić information content (AvgIpc) is 2.59. The van der Waals surface area contributed by atoms with E-state index < -0.39 is 18.8 Å². The molecule has 0 atom stereocenters. The second-order valence-corrected chi connectivity index (χ2v) is 6.09. The van der Waals surface area contributed by atoms with Crippen molar-refractivity contribution in [3.05, 3.63) is 34.8 Å². The molecule has 1 aromatic heterocycles. The molecule has 0 aliphatic rings. The first-order valence-electron chi connectivity index (χ1n) is 7.69. The molecule has 0 saturated carbocycles. The highest BCUT2D eigenvalue weighted by Crippen LogP contribution is 2.22. The van der Waals surface area contributed by atoms with E-state index in [2.05, 4.69) is 36.0 Å². The molecule has 2 rings (SSSR count). The van der Waals surface area contributed by atoms with Gasteiger partial charge in [-0.25, -0.2) is 4.79 Å². The van der Waals surface area contributed by atoms with Gasteiger partial charge in [0.15, 0.2) is 6.61 Å². The Labute approximate surface area is 161 Å². The van der Waals surface area contributed by atoms with Gasteiger partial charge < -0.3 is 9.47 Å². The number of anilines is 2. The van der Waals surface area contributed by atoms with Crippen molar-refractivity contribution < 1.29 is 27.4 Å². The molecule has 0 spiro atoms. The third kappa shape index (κ3) is 6.59. The van der Waals surface area contributed by atoms with Crippen molar-refractivity contribution in [1.82, 2.24) is 9.97 Å². The largest absolute Gasteiger partial charge is 0.478 e. The molecule has 0 aliphatic carbocycles. The van der Waals surface area contributed by atoms with Crippen LogP contribution in [0.3, 0.4) is 0 Å². The van der Waals surface area contributed by atoms with Crippen LogP contribution in [-0.4, -0.2) is 42.4 Å². The van der Waals surface area contributed by atoms with E-state index in [1.54, 1.807) is 31.2 Å². The second-order valence-electron chi connectivity index (χ2n) is 5.17. The van der Waals surface area contributed by atoms with E-state index >= 15 is 0 Å². The molecule has 2 aromatic rings. The number of aromatic nitrogens is 2. The van der Waals surface area contributed by atoms with Crippen LogP contribution < -0.4 is 19.7 Å². The zero-order valence-electron chi connectivity index (χ0n) is 14.4. The molecule has 1 aromatic carbocycles. The minimum atomic E-state index is -4.53. The van der Waals surface area contributed by atoms with Gasteiger partial charge in [-0.1, -0.05) is 15.9 Å². The van der Waals surface area contributed by atoms with E-state index in [9.17, 15) is 18.0 Å². The summed E-state index contributed by atoms with van der Waals surface area (Å²) in [6.07, 6.45) is -4.53. The Morgan fingerprint density at radius 1 is 1.19 bits per heavy atom. The van der Waals surface area contributed by atoms with Gasteiger partial charge >= 0.3 is 12.2 Å². The smallest absolute Gasteiger partial charge is 0.422 e. The SMILES string of the molecule is CCOc1cc(OCC(F)(F)F)nc(NC(=O)N(C)c2ccc(Br)cc2)n1. The average molecular weight is 449 g/mol. The molecule has 0 bridgehead atoms. The molecule has 1 heterocycles. The summed E-state index contributed by atoms with van der Waals surface area (Å²) in [7, 11) is 1.52. The summed E-state index contributed by atoms with van der Waals surface area (Å²) in [6.45, 7) is 0.377. The Hall–Kier alpha value is -2.56. The number of urea groups is 1. The quantitative estimate of drug-likeness (QED) is 0.714. The van der Waals surface area contributed by atoms with Gasteiger partial charge in [-0.05, 0) is 31.2 Å². The van der Waals surface area contributed by atoms with Crippen LogP contribution >= 0.6 is 15.9 Å². The number of ether oxygens (including phenoxy) is 2. The zero-order chi connectivity index (χ0) is 20.0. The Bertz CT molecular complexity index is 787. The van der Waals surface area contributed by atoms with Crippen molar-refractivity contribution in [2.24, 2.45) is 0 Å². The Balaban J connectivity index is 2.16. The van der Waals surface area contributed by atoms with E-state index in [1.807, 2.05) is 0 Å². The van der Waals surface area contributed by atoms with Crippen molar-refractivity contribution >= 4 is 33.6 Å². The van der Waals surface area contributed by atoms with E-state index in [-0.39, 0.29) is 24.3 Å². The summed E-state index contributed by atoms with van der Waals surface area (Å²) in [5, 5.41) is 2.40. The van der Waals surface area contributed by atoms with Crippen LogP contribution in [-0.2, 0) is 0 Å². The topological polar surface area (TPSA) is 76.6 Å². The minimum absolute atomic E-state index is 0.0220. The van der Waals surface area contributed by atoms with Gasteiger partial charge in [0.1, 0.15) is 0 Å². The number of halogens is 4. The fourth-order valence-corrected chi connectivity index (χ4v) is 2.14. The number of hydrogen-bond acceptors (Lipinski definition) is 5. The Morgan fingerprint density at radius 2 is 1.78 bits per heavy atom. The maximum atomic E-state index is 12.4. The van der Waals surface area contributed by atoms with Gasteiger partial charge in [-0.2, -0.15) is 23.1 Å². The fourth-order valence-electron chi connectivity index (χ4n) is 1.87. The predicted molar refractivity (Wildman–Crippen MR) is 96.3 cm³/mol. The van der Waals surface area contributed by atoms with Gasteiger partial charge in [0.05, 0.1) is 12.7 Å². The number of amides is 2. The van der Waals surface area contributed by atoms with Crippen LogP contribution in [0, 0.1) is 0 Å². The first-order valence-corrected chi connectivity index (χ1v) is 8.49. The molecule has 0 aliphatic heterocycles. The number of benzene rings is 1. The molecule has 0 unspecified atom stereocenters. The first-order chi connectivity index (χ1) is 12.7. The molecule has 0 saturated heterocycles. The number of nitrogens with one attached hydrogen (secondary N) is 1. The summed E-state index contributed by atoms with van der Waals surface area (Å²) < 4.78 is 47.7. The molecular weight excluding hydrogens is 433 g/mol. The highest BCUT2D eigenvalue weighted by molar-refractivity contribution is 9.10. The lowest BCUT2D eigenvalue weighted by molar-refractivity contribution is -0.154. The molecule has 0 fully saturated rings. The van der Waals surface area contributed by atoms with Gasteiger partial charge in [-0.15, -0.1) is 0 Å². The van der Waals surface area contributed by atoms with Crippen molar-refractivity contribution in [3.63, 3.8) is 0 Å². The fraction of sp³-hybridized carbons (Fsp3) is 0.312. The highest BCUT2D eigenvalue weighted by Gasteiger charge is 2.29. The molecule has 0 radical (unpaired) electrons. The van der Waals surface area contributed by atoms with E-state index in [1.165, 1.54) is 11.9 Å². The van der Waals surface area contributed by atoms with Gasteiger partial charge in [0, 0.05) is 17.2 Å². The van der Waals surface area contributed by atoms with Crippen LogP contribution in [0.5, 0.6) is 11.8 Å². The molecule has 2 amide bonds. The number of hydrogen-bond donors (Lipinski definition) is 1. The molecule has 11 heteroatoms. The standard InChI is InChI=1S/C16H16BrF3N4O3/c1-3-26-12-8-13(27-9-16(18,19)20)22-14(21-12)23-15(25)24(2)11-6-4-10(17)5-7-11/h4-8H,3,9H2,1-2H3,(H,21,22,23,25).